The van der Waals surface area contributed by atoms with Crippen molar-refractivity contribution in [3.63, 3.8) is 0 Å². The average molecular weight is 278 g/mol. The third-order valence-corrected chi connectivity index (χ3v) is 4.62. The highest BCUT2D eigenvalue weighted by atomic mass is 35.5. The van der Waals surface area contributed by atoms with Gasteiger partial charge in [0.1, 0.15) is 0 Å². The minimum Gasteiger partial charge on any atom is -0.381 e. The van der Waals surface area contributed by atoms with E-state index in [0.717, 1.165) is 3.94 Å². The van der Waals surface area contributed by atoms with E-state index >= 15 is 0 Å². The van der Waals surface area contributed by atoms with Gasteiger partial charge in [-0.3, -0.25) is 0 Å². The zero-order valence-electron chi connectivity index (χ0n) is 9.16. The molecule has 0 N–H and O–H groups in total. The molecule has 0 atom stereocenters. The van der Waals surface area contributed by atoms with Gasteiger partial charge in [-0.1, -0.05) is 0 Å². The molecule has 0 aliphatic heterocycles. The molecule has 0 aromatic heterocycles. The Morgan fingerprint density at radius 2 is 1.87 bits per heavy atom. The molecule has 0 radical (unpaired) electrons. The molecule has 0 saturated carbocycles. The van der Waals surface area contributed by atoms with Gasteiger partial charge < -0.3 is 4.74 Å². The first-order chi connectivity index (χ1) is 6.71. The van der Waals surface area contributed by atoms with Crippen LogP contribution in [0.1, 0.15) is 20.8 Å². The first-order valence-corrected chi connectivity index (χ1v) is 7.11. The number of sulfone groups is 1. The third-order valence-electron chi connectivity index (χ3n) is 1.77. The Hall–Kier alpha value is 0.450. The molecule has 4 nitrogen and oxygen atoms in total. The standard InChI is InChI=1S/C8H17Cl2NO3S/c1-4-14-5-6-15(12,13)7-8(2,3)11(9)10/h4-7H2,1-3H3. The van der Waals surface area contributed by atoms with Crippen molar-refractivity contribution in [1.82, 2.24) is 3.94 Å². The lowest BCUT2D eigenvalue weighted by molar-refractivity contribution is 0.163. The van der Waals surface area contributed by atoms with E-state index < -0.39 is 15.4 Å². The second-order valence-electron chi connectivity index (χ2n) is 3.83. The van der Waals surface area contributed by atoms with E-state index in [-0.39, 0.29) is 18.1 Å². The highest BCUT2D eigenvalue weighted by Gasteiger charge is 2.30. The lowest BCUT2D eigenvalue weighted by Gasteiger charge is -2.26. The lowest BCUT2D eigenvalue weighted by Crippen LogP contribution is -2.40. The summed E-state index contributed by atoms with van der Waals surface area (Å²) in [7, 11) is -3.19. The molecule has 0 saturated heterocycles. The van der Waals surface area contributed by atoms with Gasteiger partial charge in [-0.2, -0.15) is 0 Å². The van der Waals surface area contributed by atoms with Gasteiger partial charge in [-0.15, -0.1) is 3.94 Å². The SMILES string of the molecule is CCOCCS(=O)(=O)CC(C)(C)N(Cl)Cl. The molecule has 0 aliphatic rings. The van der Waals surface area contributed by atoms with Crippen molar-refractivity contribution in [3.05, 3.63) is 0 Å². The fraction of sp³-hybridized carbons (Fsp3) is 1.00. The molecule has 7 heteroatoms. The van der Waals surface area contributed by atoms with Gasteiger partial charge in [0.15, 0.2) is 9.84 Å². The van der Waals surface area contributed by atoms with Gasteiger partial charge in [-0.25, -0.2) is 8.42 Å². The summed E-state index contributed by atoms with van der Waals surface area (Å²) in [5.74, 6) is -0.105. The second-order valence-corrected chi connectivity index (χ2v) is 6.87. The number of rotatable bonds is 7. The van der Waals surface area contributed by atoms with Gasteiger partial charge >= 0.3 is 0 Å². The Morgan fingerprint density at radius 1 is 1.33 bits per heavy atom. The summed E-state index contributed by atoms with van der Waals surface area (Å²) in [6.45, 7) is 5.85. The van der Waals surface area contributed by atoms with Gasteiger partial charge in [-0.05, 0) is 44.3 Å². The van der Waals surface area contributed by atoms with Crippen LogP contribution in [0, 0.1) is 0 Å². The van der Waals surface area contributed by atoms with Gasteiger partial charge in [0.25, 0.3) is 0 Å². The fourth-order valence-electron chi connectivity index (χ4n) is 0.989. The molecule has 0 aromatic carbocycles. The van der Waals surface area contributed by atoms with Crippen molar-refractivity contribution in [2.24, 2.45) is 0 Å². The van der Waals surface area contributed by atoms with Crippen LogP contribution in [0.2, 0.25) is 0 Å². The van der Waals surface area contributed by atoms with Crippen molar-refractivity contribution in [1.29, 1.82) is 0 Å². The number of ether oxygens (including phenoxy) is 1. The Balaban J connectivity index is 4.26. The van der Waals surface area contributed by atoms with E-state index in [4.69, 9.17) is 28.3 Å². The second kappa shape index (κ2) is 6.25. The van der Waals surface area contributed by atoms with Crippen LogP contribution in [0.5, 0.6) is 0 Å². The summed E-state index contributed by atoms with van der Waals surface area (Å²) >= 11 is 11.1. The van der Waals surface area contributed by atoms with E-state index in [1.165, 1.54) is 0 Å². The summed E-state index contributed by atoms with van der Waals surface area (Å²) in [5.41, 5.74) is -0.797. The molecule has 0 heterocycles. The molecular formula is C8H17Cl2NO3S. The largest absolute Gasteiger partial charge is 0.381 e. The molecule has 0 aliphatic carbocycles. The van der Waals surface area contributed by atoms with Crippen LogP contribution in [-0.2, 0) is 14.6 Å². The van der Waals surface area contributed by atoms with Crippen LogP contribution in [0.15, 0.2) is 0 Å². The van der Waals surface area contributed by atoms with Gasteiger partial charge in [0.2, 0.25) is 0 Å². The maximum absolute atomic E-state index is 11.6. The van der Waals surface area contributed by atoms with Crippen LogP contribution in [0.4, 0.5) is 0 Å². The Bertz CT molecular complexity index is 278. The predicted molar refractivity (Wildman–Crippen MR) is 62.8 cm³/mol. The van der Waals surface area contributed by atoms with Crippen molar-refractivity contribution >= 4 is 33.4 Å². The summed E-state index contributed by atoms with van der Waals surface area (Å²) < 4.78 is 29.1. The topological polar surface area (TPSA) is 46.6 Å². The molecule has 0 spiro atoms. The monoisotopic (exact) mass is 277 g/mol. The Labute approximate surface area is 102 Å². The fourth-order valence-corrected chi connectivity index (χ4v) is 2.97. The third kappa shape index (κ3) is 6.58. The summed E-state index contributed by atoms with van der Waals surface area (Å²) in [6, 6.07) is 0. The summed E-state index contributed by atoms with van der Waals surface area (Å²) in [6.07, 6.45) is 0. The molecule has 0 aromatic rings. The van der Waals surface area contributed by atoms with Crippen LogP contribution in [0.3, 0.4) is 0 Å². The molecule has 0 fully saturated rings. The van der Waals surface area contributed by atoms with E-state index in [1.807, 2.05) is 6.92 Å². The van der Waals surface area contributed by atoms with E-state index in [1.54, 1.807) is 13.8 Å². The number of nitrogens with zero attached hydrogens (tertiary/aromatic N) is 1. The number of hydrogen-bond acceptors (Lipinski definition) is 4. The minimum absolute atomic E-state index is 0.00805. The molecule has 0 rings (SSSR count). The smallest absolute Gasteiger partial charge is 0.154 e. The van der Waals surface area contributed by atoms with Crippen molar-refractivity contribution in [3.8, 4) is 0 Å². The zero-order chi connectivity index (χ0) is 12.1. The Kier molecular flexibility index (Phi) is 6.44. The quantitative estimate of drug-likeness (QED) is 0.526. The van der Waals surface area contributed by atoms with Crippen LogP contribution in [0.25, 0.3) is 0 Å². The maximum Gasteiger partial charge on any atom is 0.154 e. The maximum atomic E-state index is 11.6. The van der Waals surface area contributed by atoms with Gasteiger partial charge in [0.05, 0.1) is 23.7 Å². The van der Waals surface area contributed by atoms with Crippen LogP contribution >= 0.6 is 23.6 Å². The molecule has 0 unspecified atom stereocenters. The first kappa shape index (κ1) is 15.4. The van der Waals surface area contributed by atoms with E-state index in [0.29, 0.717) is 6.61 Å². The molecule has 15 heavy (non-hydrogen) atoms. The summed E-state index contributed by atoms with van der Waals surface area (Å²) in [5, 5.41) is 0. The predicted octanol–water partition coefficient (Wildman–Crippen LogP) is 1.83. The minimum atomic E-state index is -3.19. The number of hydrogen-bond donors (Lipinski definition) is 0. The zero-order valence-corrected chi connectivity index (χ0v) is 11.5. The summed E-state index contributed by atoms with van der Waals surface area (Å²) in [4.78, 5) is 0. The molecule has 92 valence electrons. The molecule has 0 bridgehead atoms. The highest BCUT2D eigenvalue weighted by Crippen LogP contribution is 2.21. The van der Waals surface area contributed by atoms with Crippen molar-refractivity contribution in [2.45, 2.75) is 26.3 Å². The van der Waals surface area contributed by atoms with E-state index in [9.17, 15) is 8.42 Å². The average Bonchev–Trinajstić information content (AvgIpc) is 2.01. The van der Waals surface area contributed by atoms with Crippen molar-refractivity contribution in [2.75, 3.05) is 24.7 Å². The molecular weight excluding hydrogens is 261 g/mol. The first-order valence-electron chi connectivity index (χ1n) is 4.61. The van der Waals surface area contributed by atoms with Crippen molar-refractivity contribution < 1.29 is 13.2 Å². The van der Waals surface area contributed by atoms with Crippen LogP contribution < -0.4 is 0 Å². The van der Waals surface area contributed by atoms with E-state index in [2.05, 4.69) is 0 Å². The normalized spacial score (nSPS) is 13.5. The van der Waals surface area contributed by atoms with Crippen LogP contribution in [-0.4, -0.2) is 42.6 Å². The Morgan fingerprint density at radius 3 is 2.27 bits per heavy atom. The molecule has 0 amide bonds. The number of halogens is 2. The highest BCUT2D eigenvalue weighted by molar-refractivity contribution is 7.91. The van der Waals surface area contributed by atoms with Gasteiger partial charge in [0, 0.05) is 6.61 Å². The lowest BCUT2D eigenvalue weighted by atomic mass is 10.1.